The molecule has 8 aromatic rings. The van der Waals surface area contributed by atoms with Crippen LogP contribution in [0, 0.1) is 27.7 Å². The number of hydrogen-bond donors (Lipinski definition) is 12. The Morgan fingerprint density at radius 1 is 0.396 bits per heavy atom. The number of thiazole rings is 4. The average molecular weight is 1980 g/mol. The number of aliphatic hydroxyl groups excluding tert-OH is 3. The molecule has 12 fully saturated rings. The standard InChI is InChI=1S/C27H37N5O3S.C26H33N5O3S.C26H35N5O3S.C24H33N5O3S/c1-15-13-20(31-27(5)11-6-12-27)28-14-19(15)22-21(25(34)32-17-7-8-18(32)10-9-17)30-24(36-22)23(33)29-16(2)26(3,4)35;1-14-10-20(30-26(2)8-3-9-26)27-13-19(14)22-21(25(34)31-16-4-5-17(31)7-6-16)29-24(35-22)23(33)28-15-11-18(32)12-15;1-14-11-20(30-26(2,3)4)27-13-19(14)22-21(25(34)31-16-6-7-17(31)9-8-16)29-24(35-22)23(33)28-15-5-10-18(32)12-15;1-13-10-18(28-24(3,4)5)25-11-17(13)20-19(23(32)29-15-6-7-16(29)9-8-15)27-22(33-20)21(31)26-14(2)12-30/h13-14,16-18,35H,6-12H2,1-5H3,(H,28,31)(H,29,33);10,13,15-18,32H,3-9,11-12H2,1-2H3,(H,27,30)(H,28,33);11,13,15-18,32H,5-10,12H2,1-4H3,(H,27,30)(H,28,33);10-11,14-16,30H,6-9,12H2,1-5H3,(H,25,28)(H,26,31)/t16-,17?,18?;;15-,16?,17?,18-;14-,15?,16?/m1.01/s1. The van der Waals surface area contributed by atoms with Gasteiger partial charge in [-0.1, -0.05) is 0 Å². The summed E-state index contributed by atoms with van der Waals surface area (Å²) in [5.41, 5.74) is 7.43. The zero-order valence-corrected chi connectivity index (χ0v) is 86.3. The molecule has 8 bridgehead atoms. The summed E-state index contributed by atoms with van der Waals surface area (Å²) in [6.07, 6.45) is 33.1. The minimum absolute atomic E-state index is 0.0416. The van der Waals surface area contributed by atoms with Crippen molar-refractivity contribution >= 4 is 116 Å². The van der Waals surface area contributed by atoms with Gasteiger partial charge in [0.2, 0.25) is 0 Å². The minimum atomic E-state index is -1.08. The van der Waals surface area contributed by atoms with Gasteiger partial charge in [-0.15, -0.1) is 45.3 Å². The van der Waals surface area contributed by atoms with Gasteiger partial charge < -0.3 is 82.6 Å². The van der Waals surface area contributed by atoms with Gasteiger partial charge in [-0.2, -0.15) is 0 Å². The Bertz CT molecular complexity index is 5900. The number of anilines is 4. The molecule has 8 saturated heterocycles. The van der Waals surface area contributed by atoms with E-state index in [1.807, 2.05) is 77.8 Å². The van der Waals surface area contributed by atoms with E-state index in [1.54, 1.807) is 46.3 Å². The van der Waals surface area contributed by atoms with Crippen LogP contribution < -0.4 is 42.5 Å². The molecule has 0 unspecified atom stereocenters. The quantitative estimate of drug-likeness (QED) is 0.0267. The van der Waals surface area contributed by atoms with Crippen LogP contribution in [0.25, 0.3) is 41.8 Å². The molecule has 12 aliphatic rings. The smallest absolute Gasteiger partial charge is 0.280 e. The summed E-state index contributed by atoms with van der Waals surface area (Å²) in [6, 6.07) is 9.17. The van der Waals surface area contributed by atoms with Gasteiger partial charge in [0.1, 0.15) is 46.0 Å². The van der Waals surface area contributed by atoms with Gasteiger partial charge in [-0.25, -0.2) is 39.9 Å². The second kappa shape index (κ2) is 40.4. The normalized spacial score (nSPS) is 24.6. The molecule has 12 N–H and O–H groups in total. The molecule has 32 nitrogen and oxygen atoms in total. The van der Waals surface area contributed by atoms with Crippen molar-refractivity contribution in [1.29, 1.82) is 0 Å². The predicted molar refractivity (Wildman–Crippen MR) is 543 cm³/mol. The van der Waals surface area contributed by atoms with E-state index < -0.39 is 17.7 Å². The number of pyridine rings is 4. The van der Waals surface area contributed by atoms with Crippen LogP contribution in [0.1, 0.15) is 360 Å². The first-order chi connectivity index (χ1) is 65.9. The number of fused-ring (bicyclic) bond motifs is 8. The van der Waals surface area contributed by atoms with E-state index in [2.05, 4.69) is 138 Å². The van der Waals surface area contributed by atoms with Gasteiger partial charge in [0.05, 0.1) is 50.0 Å². The fraction of sp³-hybridized carbons (Fsp3) is 0.612. The molecule has 16 heterocycles. The summed E-state index contributed by atoms with van der Waals surface area (Å²) >= 11 is 4.94. The SMILES string of the molecule is Cc1cc(NC(C)(C)C)ncc1-c1sc(C(=O)N[C@H](C)CO)nc1C(=O)N1C2CCC1CC2.Cc1cc(NC(C)(C)C)ncc1-c1sc(C(=O)N[C@H]2CC[C@H](O)C2)nc1C(=O)N1C2CCC1CC2.Cc1cc(NC2(C)CCC2)ncc1-c1sc(C(=O)NC2CC(O)C2)nc1C(=O)N1C2CCC1CC2.Cc1cc(NC2(C)CCC2)ncc1-c1sc(C(=O)N[C@H](C)C(C)(C)O)nc1C(=O)N1C2CCC1CC2. The second-order valence-electron chi connectivity index (χ2n) is 44.2. The summed E-state index contributed by atoms with van der Waals surface area (Å²) in [5, 5.41) is 65.4. The molecule has 746 valence electrons. The molecular weight excluding hydrogens is 1840 g/mol. The molecule has 36 heteroatoms. The number of rotatable bonds is 24. The zero-order chi connectivity index (χ0) is 99.0. The average Bonchev–Trinajstić information content (AvgIpc) is 1.62. The van der Waals surface area contributed by atoms with E-state index in [9.17, 15) is 58.8 Å². The summed E-state index contributed by atoms with van der Waals surface area (Å²) in [6.45, 7) is 31.5. The highest BCUT2D eigenvalue weighted by Gasteiger charge is 2.50. The second-order valence-corrected chi connectivity index (χ2v) is 48.2. The first-order valence-electron chi connectivity index (χ1n) is 50.2. The number of nitrogens with zero attached hydrogens (tertiary/aromatic N) is 12. The van der Waals surface area contributed by atoms with Crippen molar-refractivity contribution in [3.63, 3.8) is 0 Å². The molecule has 4 saturated carbocycles. The van der Waals surface area contributed by atoms with Crippen LogP contribution in [0.5, 0.6) is 0 Å². The lowest BCUT2D eigenvalue weighted by molar-refractivity contribution is 0.0408. The monoisotopic (exact) mass is 1970 g/mol. The van der Waals surface area contributed by atoms with Crippen molar-refractivity contribution in [3.8, 4) is 41.8 Å². The van der Waals surface area contributed by atoms with Crippen LogP contribution in [0.3, 0.4) is 0 Å². The van der Waals surface area contributed by atoms with E-state index in [1.165, 1.54) is 58.2 Å². The van der Waals surface area contributed by atoms with Gasteiger partial charge in [0.15, 0.2) is 20.0 Å². The first kappa shape index (κ1) is 100. The van der Waals surface area contributed by atoms with Crippen molar-refractivity contribution in [2.24, 2.45) is 0 Å². The summed E-state index contributed by atoms with van der Waals surface area (Å²) in [4.78, 5) is 155. The maximum absolute atomic E-state index is 13.8. The van der Waals surface area contributed by atoms with Crippen molar-refractivity contribution in [2.45, 2.75) is 397 Å². The van der Waals surface area contributed by atoms with Crippen LogP contribution in [0.15, 0.2) is 49.1 Å². The van der Waals surface area contributed by atoms with E-state index in [4.69, 9.17) is 0 Å². The molecule has 8 aromatic heterocycles. The third kappa shape index (κ3) is 22.1. The highest BCUT2D eigenvalue weighted by Crippen LogP contribution is 2.49. The van der Waals surface area contributed by atoms with Crippen LogP contribution in [-0.4, -0.2) is 246 Å². The predicted octanol–water partition coefficient (Wildman–Crippen LogP) is 16.1. The Kier molecular flexibility index (Phi) is 29.2. The molecule has 0 radical (unpaired) electrons. The summed E-state index contributed by atoms with van der Waals surface area (Å²) < 4.78 is 0. The maximum atomic E-state index is 13.8. The Morgan fingerprint density at radius 2 is 0.669 bits per heavy atom. The van der Waals surface area contributed by atoms with Crippen LogP contribution >= 0.6 is 45.3 Å². The number of aliphatic hydroxyl groups is 4. The maximum Gasteiger partial charge on any atom is 0.280 e. The zero-order valence-electron chi connectivity index (χ0n) is 83.1. The molecule has 20 rings (SSSR count). The first-order valence-corrected chi connectivity index (χ1v) is 53.4. The van der Waals surface area contributed by atoms with Gasteiger partial charge in [0.25, 0.3) is 47.3 Å². The number of aromatic nitrogens is 8. The van der Waals surface area contributed by atoms with Gasteiger partial charge in [0, 0.05) is 136 Å². The number of hydrogen-bond acceptors (Lipinski definition) is 28. The van der Waals surface area contributed by atoms with E-state index in [-0.39, 0.29) is 164 Å². The molecular formula is C103H138N20O12S4. The van der Waals surface area contributed by atoms with Crippen molar-refractivity contribution in [2.75, 3.05) is 27.9 Å². The molecule has 8 amide bonds. The fourth-order valence-corrected chi connectivity index (χ4v) is 26.1. The number of carbonyl (C=O) groups is 8. The summed E-state index contributed by atoms with van der Waals surface area (Å²) in [5.74, 6) is 1.52. The van der Waals surface area contributed by atoms with Crippen LogP contribution in [-0.2, 0) is 0 Å². The van der Waals surface area contributed by atoms with Crippen molar-refractivity contribution in [1.82, 2.24) is 80.7 Å². The molecule has 8 aliphatic heterocycles. The fourth-order valence-electron chi connectivity index (χ4n) is 22.0. The molecule has 0 aromatic carbocycles. The number of amides is 8. The Labute approximate surface area is 830 Å². The molecule has 4 atom stereocenters. The lowest BCUT2D eigenvalue weighted by atomic mass is 9.78. The number of aryl methyl sites for hydroxylation is 4. The third-order valence-electron chi connectivity index (χ3n) is 30.3. The highest BCUT2D eigenvalue weighted by atomic mass is 32.1. The largest absolute Gasteiger partial charge is 0.394 e. The van der Waals surface area contributed by atoms with Gasteiger partial charge in [-0.3, -0.25) is 38.4 Å². The topological polar surface area (TPSA) is 430 Å². The lowest BCUT2D eigenvalue weighted by Gasteiger charge is -2.39. The Balaban J connectivity index is 0.000000128. The Morgan fingerprint density at radius 3 is 0.921 bits per heavy atom. The highest BCUT2D eigenvalue weighted by molar-refractivity contribution is 7.18. The molecule has 139 heavy (non-hydrogen) atoms. The molecule has 0 spiro atoms. The minimum Gasteiger partial charge on any atom is -0.394 e. The number of carbonyl (C=O) groups excluding carboxylic acids is 8. The van der Waals surface area contributed by atoms with Gasteiger partial charge >= 0.3 is 0 Å². The van der Waals surface area contributed by atoms with Crippen LogP contribution in [0.2, 0.25) is 0 Å². The van der Waals surface area contributed by atoms with Crippen molar-refractivity contribution < 1.29 is 58.8 Å². The lowest BCUT2D eigenvalue weighted by Crippen LogP contribution is -2.47. The van der Waals surface area contributed by atoms with Crippen LogP contribution in [0.4, 0.5) is 23.3 Å². The third-order valence-corrected chi connectivity index (χ3v) is 34.6. The summed E-state index contributed by atoms with van der Waals surface area (Å²) in [7, 11) is 0. The number of nitrogens with one attached hydrogen (secondary N) is 8. The van der Waals surface area contributed by atoms with Crippen molar-refractivity contribution in [3.05, 3.63) is 114 Å². The Hall–Kier alpha value is -10.1. The van der Waals surface area contributed by atoms with Gasteiger partial charge in [-0.05, 0) is 331 Å². The van der Waals surface area contributed by atoms with E-state index in [0.29, 0.717) is 73.0 Å². The van der Waals surface area contributed by atoms with E-state index >= 15 is 0 Å². The molecule has 4 aliphatic carbocycles. The van der Waals surface area contributed by atoms with E-state index in [0.717, 1.165) is 203 Å².